The van der Waals surface area contributed by atoms with Crippen LogP contribution in [0.15, 0.2) is 30.3 Å². The summed E-state index contributed by atoms with van der Waals surface area (Å²) >= 11 is 0. The normalized spacial score (nSPS) is 23.6. The quantitative estimate of drug-likeness (QED) is 0.763. The van der Waals surface area contributed by atoms with Crippen molar-refractivity contribution in [1.29, 1.82) is 0 Å². The molecular weight excluding hydrogens is 330 g/mol. The number of hydrogen-bond acceptors (Lipinski definition) is 4. The van der Waals surface area contributed by atoms with E-state index in [1.54, 1.807) is 12.0 Å². The van der Waals surface area contributed by atoms with Crippen molar-refractivity contribution in [2.75, 3.05) is 46.4 Å². The fourth-order valence-corrected chi connectivity index (χ4v) is 4.02. The van der Waals surface area contributed by atoms with E-state index < -0.39 is 0 Å². The summed E-state index contributed by atoms with van der Waals surface area (Å²) in [5.41, 5.74) is 1.01. The van der Waals surface area contributed by atoms with E-state index in [1.807, 2.05) is 30.3 Å². The Hall–Kier alpha value is -1.92. The molecule has 2 aliphatic rings. The van der Waals surface area contributed by atoms with E-state index >= 15 is 0 Å². The van der Waals surface area contributed by atoms with E-state index in [2.05, 4.69) is 10.2 Å². The van der Waals surface area contributed by atoms with Crippen LogP contribution in [0.2, 0.25) is 0 Å². The first-order valence-corrected chi connectivity index (χ1v) is 9.54. The molecule has 2 amide bonds. The van der Waals surface area contributed by atoms with Gasteiger partial charge in [-0.1, -0.05) is 30.3 Å². The van der Waals surface area contributed by atoms with Crippen molar-refractivity contribution >= 4 is 11.8 Å². The number of carbonyl (C=O) groups excluding carboxylic acids is 2. The Labute approximate surface area is 155 Å². The first kappa shape index (κ1) is 18.9. The third-order valence-electron chi connectivity index (χ3n) is 5.37. The van der Waals surface area contributed by atoms with Gasteiger partial charge in [-0.3, -0.25) is 9.59 Å². The van der Waals surface area contributed by atoms with Crippen molar-refractivity contribution in [3.05, 3.63) is 35.9 Å². The van der Waals surface area contributed by atoms with Crippen LogP contribution in [0.3, 0.4) is 0 Å². The average molecular weight is 359 g/mol. The summed E-state index contributed by atoms with van der Waals surface area (Å²) in [5, 5.41) is 3.06. The smallest absolute Gasteiger partial charge is 0.226 e. The molecular formula is C20H29N3O3. The van der Waals surface area contributed by atoms with Crippen LogP contribution in [0.25, 0.3) is 0 Å². The van der Waals surface area contributed by atoms with Gasteiger partial charge in [0.1, 0.15) is 0 Å². The molecule has 0 radical (unpaired) electrons. The van der Waals surface area contributed by atoms with Gasteiger partial charge in [-0.25, -0.2) is 0 Å². The summed E-state index contributed by atoms with van der Waals surface area (Å²) in [6, 6.07) is 9.63. The number of methoxy groups -OCH3 is 1. The molecule has 0 aromatic heterocycles. The summed E-state index contributed by atoms with van der Waals surface area (Å²) in [5.74, 6) is -0.345. The number of nitrogens with one attached hydrogen (secondary N) is 1. The van der Waals surface area contributed by atoms with Gasteiger partial charge in [0.25, 0.3) is 0 Å². The Morgan fingerprint density at radius 1 is 1.19 bits per heavy atom. The molecule has 0 saturated carbocycles. The molecule has 1 aromatic carbocycles. The van der Waals surface area contributed by atoms with Crippen LogP contribution in [0, 0.1) is 5.92 Å². The van der Waals surface area contributed by atoms with E-state index in [1.165, 1.54) is 12.8 Å². The molecule has 0 bridgehead atoms. The monoisotopic (exact) mass is 359 g/mol. The topological polar surface area (TPSA) is 61.9 Å². The van der Waals surface area contributed by atoms with Gasteiger partial charge in [-0.2, -0.15) is 0 Å². The highest BCUT2D eigenvalue weighted by Crippen LogP contribution is 2.38. The van der Waals surface area contributed by atoms with Gasteiger partial charge in [0.2, 0.25) is 11.8 Å². The lowest BCUT2D eigenvalue weighted by Gasteiger charge is -2.28. The lowest BCUT2D eigenvalue weighted by Crippen LogP contribution is -2.39. The van der Waals surface area contributed by atoms with Crippen molar-refractivity contribution in [2.24, 2.45) is 5.92 Å². The molecule has 0 aliphatic carbocycles. The fourth-order valence-electron chi connectivity index (χ4n) is 4.02. The van der Waals surface area contributed by atoms with Crippen LogP contribution >= 0.6 is 0 Å². The molecule has 2 heterocycles. The minimum absolute atomic E-state index is 0.0219. The number of hydrogen-bond donors (Lipinski definition) is 1. The fraction of sp³-hybridized carbons (Fsp3) is 0.600. The Kier molecular flexibility index (Phi) is 6.63. The molecule has 2 atom stereocenters. The largest absolute Gasteiger partial charge is 0.383 e. The number of ether oxygens (including phenoxy) is 1. The van der Waals surface area contributed by atoms with E-state index in [-0.39, 0.29) is 30.2 Å². The number of nitrogens with zero attached hydrogens (tertiary/aromatic N) is 2. The highest BCUT2D eigenvalue weighted by Gasteiger charge is 2.44. The molecule has 3 rings (SSSR count). The zero-order valence-corrected chi connectivity index (χ0v) is 15.5. The summed E-state index contributed by atoms with van der Waals surface area (Å²) in [6.45, 7) is 4.74. The van der Waals surface area contributed by atoms with Crippen LogP contribution in [-0.2, 0) is 14.3 Å². The SMILES string of the molecule is COCCN1C(=O)C[C@@H](C(=O)NCCN2CCCC2)[C@@H]1c1ccccc1. The predicted molar refractivity (Wildman–Crippen MR) is 99.6 cm³/mol. The van der Waals surface area contributed by atoms with Crippen LogP contribution < -0.4 is 5.32 Å². The number of benzene rings is 1. The van der Waals surface area contributed by atoms with Gasteiger partial charge in [-0.15, -0.1) is 0 Å². The van der Waals surface area contributed by atoms with Crippen molar-refractivity contribution in [3.63, 3.8) is 0 Å². The standard InChI is InChI=1S/C20H29N3O3/c1-26-14-13-23-18(24)15-17(19(23)16-7-3-2-4-8-16)20(25)21-9-12-22-10-5-6-11-22/h2-4,7-8,17,19H,5-6,9-15H2,1H3,(H,21,25)/t17-,19+/m1/s1. The Morgan fingerprint density at radius 2 is 1.92 bits per heavy atom. The number of carbonyl (C=O) groups is 2. The van der Waals surface area contributed by atoms with Crippen molar-refractivity contribution in [2.45, 2.75) is 25.3 Å². The first-order valence-electron chi connectivity index (χ1n) is 9.54. The maximum atomic E-state index is 12.8. The molecule has 2 aliphatic heterocycles. The van der Waals surface area contributed by atoms with E-state index in [0.717, 1.165) is 25.2 Å². The summed E-state index contributed by atoms with van der Waals surface area (Å²) in [6.07, 6.45) is 2.75. The molecule has 2 saturated heterocycles. The van der Waals surface area contributed by atoms with Crippen LogP contribution in [0.5, 0.6) is 0 Å². The van der Waals surface area contributed by atoms with Gasteiger partial charge in [0.05, 0.1) is 18.6 Å². The highest BCUT2D eigenvalue weighted by molar-refractivity contribution is 5.90. The third kappa shape index (κ3) is 4.43. The van der Waals surface area contributed by atoms with Gasteiger partial charge in [0.15, 0.2) is 0 Å². The van der Waals surface area contributed by atoms with Gasteiger partial charge >= 0.3 is 0 Å². The van der Waals surface area contributed by atoms with E-state index in [4.69, 9.17) is 4.74 Å². The Morgan fingerprint density at radius 3 is 2.62 bits per heavy atom. The zero-order chi connectivity index (χ0) is 18.4. The Balaban J connectivity index is 1.66. The van der Waals surface area contributed by atoms with Crippen molar-refractivity contribution < 1.29 is 14.3 Å². The van der Waals surface area contributed by atoms with Crippen molar-refractivity contribution in [1.82, 2.24) is 15.1 Å². The third-order valence-corrected chi connectivity index (χ3v) is 5.37. The molecule has 0 unspecified atom stereocenters. The second-order valence-corrected chi connectivity index (χ2v) is 7.09. The lowest BCUT2D eigenvalue weighted by atomic mass is 9.93. The maximum Gasteiger partial charge on any atom is 0.226 e. The molecule has 1 N–H and O–H groups in total. The van der Waals surface area contributed by atoms with Gasteiger partial charge in [0, 0.05) is 33.2 Å². The summed E-state index contributed by atoms with van der Waals surface area (Å²) in [7, 11) is 1.63. The first-order chi connectivity index (χ1) is 12.7. The number of likely N-dealkylation sites (tertiary alicyclic amines) is 2. The lowest BCUT2D eigenvalue weighted by molar-refractivity contribution is -0.129. The molecule has 6 nitrogen and oxygen atoms in total. The summed E-state index contributed by atoms with van der Waals surface area (Å²) in [4.78, 5) is 29.5. The molecule has 142 valence electrons. The van der Waals surface area contributed by atoms with E-state index in [0.29, 0.717) is 19.7 Å². The van der Waals surface area contributed by atoms with Crippen LogP contribution in [-0.4, -0.2) is 68.1 Å². The molecule has 0 spiro atoms. The second kappa shape index (κ2) is 9.14. The molecule has 26 heavy (non-hydrogen) atoms. The highest BCUT2D eigenvalue weighted by atomic mass is 16.5. The van der Waals surface area contributed by atoms with Crippen LogP contribution in [0.1, 0.15) is 30.9 Å². The molecule has 1 aromatic rings. The molecule has 2 fully saturated rings. The minimum atomic E-state index is -0.347. The van der Waals surface area contributed by atoms with Crippen molar-refractivity contribution in [3.8, 4) is 0 Å². The maximum absolute atomic E-state index is 12.8. The minimum Gasteiger partial charge on any atom is -0.383 e. The second-order valence-electron chi connectivity index (χ2n) is 7.09. The van der Waals surface area contributed by atoms with Gasteiger partial charge in [-0.05, 0) is 31.5 Å². The van der Waals surface area contributed by atoms with E-state index in [9.17, 15) is 9.59 Å². The summed E-state index contributed by atoms with van der Waals surface area (Å²) < 4.78 is 5.15. The number of amides is 2. The predicted octanol–water partition coefficient (Wildman–Crippen LogP) is 1.43. The Bertz CT molecular complexity index is 602. The molecule has 6 heteroatoms. The number of rotatable bonds is 8. The average Bonchev–Trinajstić information content (AvgIpc) is 3.28. The zero-order valence-electron chi connectivity index (χ0n) is 15.5. The van der Waals surface area contributed by atoms with Crippen LogP contribution in [0.4, 0.5) is 0 Å². The van der Waals surface area contributed by atoms with Gasteiger partial charge < -0.3 is 19.9 Å².